The highest BCUT2D eigenvalue weighted by atomic mass is 32.2. The SMILES string of the molecule is Cc1ccc(S(=O)(=O)O)cc1.O=c1sc2ccccc2n1CCNCCCS(=O)(=O)CCOCCc1ccccc1. The van der Waals surface area contributed by atoms with Gasteiger partial charge in [-0.2, -0.15) is 8.42 Å². The number of para-hydroxylation sites is 1. The van der Waals surface area contributed by atoms with Gasteiger partial charge in [0.2, 0.25) is 0 Å². The maximum atomic E-state index is 12.1. The van der Waals surface area contributed by atoms with Crippen molar-refractivity contribution >= 4 is 41.5 Å². The number of sulfone groups is 1. The van der Waals surface area contributed by atoms with Gasteiger partial charge in [0.05, 0.1) is 39.8 Å². The minimum absolute atomic E-state index is 0.0350. The molecule has 1 aromatic heterocycles. The minimum Gasteiger partial charge on any atom is -0.380 e. The van der Waals surface area contributed by atoms with Gasteiger partial charge in [-0.05, 0) is 56.1 Å². The normalized spacial score (nSPS) is 11.8. The first-order valence-corrected chi connectivity index (χ1v) is 17.3. The molecule has 0 aliphatic rings. The molecule has 9 nitrogen and oxygen atoms in total. The lowest BCUT2D eigenvalue weighted by atomic mass is 10.2. The molecule has 0 unspecified atom stereocenters. The van der Waals surface area contributed by atoms with Gasteiger partial charge < -0.3 is 10.1 Å². The number of nitrogens with one attached hydrogen (secondary N) is 1. The van der Waals surface area contributed by atoms with Gasteiger partial charge in [-0.3, -0.25) is 13.9 Å². The fourth-order valence-electron chi connectivity index (χ4n) is 3.89. The fourth-order valence-corrected chi connectivity index (χ4v) is 6.45. The van der Waals surface area contributed by atoms with E-state index in [0.717, 1.165) is 22.2 Å². The van der Waals surface area contributed by atoms with Crippen LogP contribution in [0.1, 0.15) is 17.5 Å². The van der Waals surface area contributed by atoms with Gasteiger partial charge in [-0.25, -0.2) is 8.42 Å². The number of ether oxygens (including phenoxy) is 1. The van der Waals surface area contributed by atoms with E-state index in [0.29, 0.717) is 32.7 Å². The number of rotatable bonds is 14. The minimum atomic E-state index is -4.02. The molecule has 2 N–H and O–H groups in total. The molecule has 0 saturated carbocycles. The molecule has 3 aromatic carbocycles. The quantitative estimate of drug-likeness (QED) is 0.160. The summed E-state index contributed by atoms with van der Waals surface area (Å²) in [6.07, 6.45) is 1.33. The highest BCUT2D eigenvalue weighted by Gasteiger charge is 2.11. The van der Waals surface area contributed by atoms with Crippen LogP contribution in [-0.2, 0) is 37.7 Å². The predicted molar refractivity (Wildman–Crippen MR) is 164 cm³/mol. The largest absolute Gasteiger partial charge is 0.380 e. The molecule has 0 bridgehead atoms. The lowest BCUT2D eigenvalue weighted by Crippen LogP contribution is -2.26. The van der Waals surface area contributed by atoms with Gasteiger partial charge in [-0.1, -0.05) is 71.5 Å². The first kappa shape index (κ1) is 32.6. The maximum Gasteiger partial charge on any atom is 0.308 e. The van der Waals surface area contributed by atoms with Crippen LogP contribution in [0.3, 0.4) is 0 Å². The lowest BCUT2D eigenvalue weighted by molar-refractivity contribution is 0.152. The topological polar surface area (TPSA) is 132 Å². The first-order chi connectivity index (χ1) is 19.5. The molecule has 41 heavy (non-hydrogen) atoms. The number of nitrogens with zero attached hydrogens (tertiary/aromatic N) is 1. The summed E-state index contributed by atoms with van der Waals surface area (Å²) in [5.74, 6) is 0.196. The molecule has 0 aliphatic carbocycles. The fraction of sp³-hybridized carbons (Fsp3) is 0.345. The first-order valence-electron chi connectivity index (χ1n) is 13.2. The molecule has 12 heteroatoms. The molecular weight excluding hydrogens is 585 g/mol. The summed E-state index contributed by atoms with van der Waals surface area (Å²) < 4.78 is 62.0. The van der Waals surface area contributed by atoms with Crippen molar-refractivity contribution < 1.29 is 26.1 Å². The Morgan fingerprint density at radius 1 is 0.854 bits per heavy atom. The van der Waals surface area contributed by atoms with Gasteiger partial charge in [0, 0.05) is 13.1 Å². The summed E-state index contributed by atoms with van der Waals surface area (Å²) in [5.41, 5.74) is 3.09. The van der Waals surface area contributed by atoms with Crippen LogP contribution in [0.15, 0.2) is 88.6 Å². The van der Waals surface area contributed by atoms with E-state index in [1.165, 1.54) is 29.0 Å². The number of aromatic nitrogens is 1. The average molecular weight is 621 g/mol. The lowest BCUT2D eigenvalue weighted by Gasteiger charge is -2.08. The van der Waals surface area contributed by atoms with Crippen LogP contribution in [0.5, 0.6) is 0 Å². The zero-order chi connectivity index (χ0) is 29.7. The molecule has 0 spiro atoms. The third kappa shape index (κ3) is 11.5. The van der Waals surface area contributed by atoms with Crippen molar-refractivity contribution in [3.63, 3.8) is 0 Å². The smallest absolute Gasteiger partial charge is 0.308 e. The molecule has 4 aromatic rings. The Balaban J connectivity index is 0.000000352. The summed E-state index contributed by atoms with van der Waals surface area (Å²) in [6.45, 7) is 4.40. The van der Waals surface area contributed by atoms with Crippen molar-refractivity contribution in [2.45, 2.75) is 31.2 Å². The second kappa shape index (κ2) is 15.9. The number of benzene rings is 3. The van der Waals surface area contributed by atoms with E-state index in [1.54, 1.807) is 16.7 Å². The molecule has 0 amide bonds. The maximum absolute atomic E-state index is 12.1. The summed E-state index contributed by atoms with van der Waals surface area (Å²) in [5, 5.41) is 3.23. The number of hydrogen-bond donors (Lipinski definition) is 2. The third-order valence-electron chi connectivity index (χ3n) is 6.13. The Hall–Kier alpha value is -2.87. The summed E-state index contributed by atoms with van der Waals surface area (Å²) in [6, 6.07) is 23.7. The molecular formula is C29H36N2O7S3. The molecule has 0 atom stereocenters. The van der Waals surface area contributed by atoms with E-state index in [9.17, 15) is 21.6 Å². The van der Waals surface area contributed by atoms with Gasteiger partial charge >= 0.3 is 4.87 Å². The van der Waals surface area contributed by atoms with Crippen molar-refractivity contribution in [1.82, 2.24) is 9.88 Å². The van der Waals surface area contributed by atoms with Crippen LogP contribution in [-0.4, -0.2) is 63.8 Å². The second-order valence-electron chi connectivity index (χ2n) is 9.38. The van der Waals surface area contributed by atoms with Crippen molar-refractivity contribution in [3.05, 3.63) is 99.7 Å². The number of aryl methyl sites for hydroxylation is 1. The van der Waals surface area contributed by atoms with Crippen LogP contribution in [0.25, 0.3) is 10.2 Å². The van der Waals surface area contributed by atoms with Gasteiger partial charge in [0.15, 0.2) is 9.84 Å². The summed E-state index contributed by atoms with van der Waals surface area (Å²) >= 11 is 1.25. The molecule has 222 valence electrons. The van der Waals surface area contributed by atoms with E-state index in [-0.39, 0.29) is 27.9 Å². The molecule has 0 saturated heterocycles. The molecule has 0 fully saturated rings. The van der Waals surface area contributed by atoms with Crippen molar-refractivity contribution in [3.8, 4) is 0 Å². The number of fused-ring (bicyclic) bond motifs is 1. The molecule has 4 rings (SSSR count). The van der Waals surface area contributed by atoms with E-state index in [4.69, 9.17) is 9.29 Å². The average Bonchev–Trinajstić information content (AvgIpc) is 3.26. The Kier molecular flexibility index (Phi) is 12.7. The van der Waals surface area contributed by atoms with Crippen molar-refractivity contribution in [2.75, 3.05) is 37.8 Å². The Labute approximate surface area is 245 Å². The predicted octanol–water partition coefficient (Wildman–Crippen LogP) is 3.96. The van der Waals surface area contributed by atoms with Crippen LogP contribution in [0.4, 0.5) is 0 Å². The standard InChI is InChI=1S/C22H28N2O4S2.C7H8O3S/c25-22-24(20-9-4-5-10-21(20)29-22)14-13-23-12-6-17-30(26,27)18-16-28-15-11-19-7-2-1-3-8-19;1-6-2-4-7(5-3-6)11(8,9)10/h1-5,7-10,23H,6,11-18H2;2-5H,1H3,(H,8,9,10). The number of thiazole rings is 1. The number of hydrogen-bond acceptors (Lipinski definition) is 8. The van der Waals surface area contributed by atoms with E-state index in [2.05, 4.69) is 5.32 Å². The van der Waals surface area contributed by atoms with E-state index < -0.39 is 20.0 Å². The van der Waals surface area contributed by atoms with Gasteiger partial charge in [0.1, 0.15) is 0 Å². The second-order valence-corrected chi connectivity index (χ2v) is 14.1. The van der Waals surface area contributed by atoms with Crippen LogP contribution < -0.4 is 10.2 Å². The molecule has 0 radical (unpaired) electrons. The highest BCUT2D eigenvalue weighted by Crippen LogP contribution is 2.16. The summed E-state index contributed by atoms with van der Waals surface area (Å²) in [4.78, 5) is 12.0. The Morgan fingerprint density at radius 3 is 2.24 bits per heavy atom. The van der Waals surface area contributed by atoms with Gasteiger partial charge in [-0.15, -0.1) is 0 Å². The van der Waals surface area contributed by atoms with Gasteiger partial charge in [0.25, 0.3) is 10.1 Å². The molecule has 1 heterocycles. The zero-order valence-electron chi connectivity index (χ0n) is 22.9. The van der Waals surface area contributed by atoms with E-state index in [1.807, 2.05) is 61.5 Å². The van der Waals surface area contributed by atoms with Crippen molar-refractivity contribution in [2.24, 2.45) is 0 Å². The summed E-state index contributed by atoms with van der Waals surface area (Å²) in [7, 11) is -7.13. The molecule has 0 aliphatic heterocycles. The Morgan fingerprint density at radius 2 is 1.54 bits per heavy atom. The van der Waals surface area contributed by atoms with Crippen molar-refractivity contribution in [1.29, 1.82) is 0 Å². The van der Waals surface area contributed by atoms with Crippen LogP contribution in [0, 0.1) is 6.92 Å². The highest BCUT2D eigenvalue weighted by molar-refractivity contribution is 7.91. The van der Waals surface area contributed by atoms with Crippen LogP contribution >= 0.6 is 11.3 Å². The van der Waals surface area contributed by atoms with E-state index >= 15 is 0 Å². The Bertz CT molecular complexity index is 1630. The van der Waals surface area contributed by atoms with Crippen LogP contribution in [0.2, 0.25) is 0 Å². The third-order valence-corrected chi connectivity index (χ3v) is 9.66. The zero-order valence-corrected chi connectivity index (χ0v) is 25.4. The monoisotopic (exact) mass is 620 g/mol.